The zero-order valence-corrected chi connectivity index (χ0v) is 15.8. The van der Waals surface area contributed by atoms with Crippen LogP contribution in [0.5, 0.6) is 0 Å². The number of carbonyl (C=O) groups excluding carboxylic acids is 2. The fourth-order valence-electron chi connectivity index (χ4n) is 4.99. The molecule has 2 saturated carbocycles. The zero-order chi connectivity index (χ0) is 18.5. The summed E-state index contributed by atoms with van der Waals surface area (Å²) in [4.78, 5) is 26.1. The van der Waals surface area contributed by atoms with Crippen molar-refractivity contribution in [3.05, 3.63) is 29.8 Å². The summed E-state index contributed by atoms with van der Waals surface area (Å²) in [5.74, 6) is 0.627. The minimum absolute atomic E-state index is 0.0882. The molecule has 2 atom stereocenters. The number of carbonyl (C=O) groups is 2. The van der Waals surface area contributed by atoms with E-state index in [2.05, 4.69) is 31.3 Å². The number of benzene rings is 1. The third-order valence-corrected chi connectivity index (χ3v) is 7.32. The van der Waals surface area contributed by atoms with Crippen LogP contribution in [0.1, 0.15) is 63.2 Å². The molecule has 0 spiro atoms. The molecule has 138 valence electrons. The van der Waals surface area contributed by atoms with E-state index in [0.29, 0.717) is 17.9 Å². The standard InChI is InChI=1S/C21H27N3O2/c1-20(2)15-10-11-21(20,3)17(13-15)22-23-19(26)14-6-8-16(9-7-14)24-12-4-5-18(24)25/h6-9,15H,4-5,10-13H2,1-3H3,(H,23,26)/b22-17+/t15-,21+/m1/s1. The van der Waals surface area contributed by atoms with Crippen LogP contribution in [0.2, 0.25) is 0 Å². The lowest BCUT2D eigenvalue weighted by Gasteiger charge is -2.34. The van der Waals surface area contributed by atoms with Crippen LogP contribution < -0.4 is 10.3 Å². The molecule has 2 bridgehead atoms. The van der Waals surface area contributed by atoms with Gasteiger partial charge in [-0.3, -0.25) is 9.59 Å². The van der Waals surface area contributed by atoms with Crippen molar-refractivity contribution in [2.75, 3.05) is 11.4 Å². The van der Waals surface area contributed by atoms with Gasteiger partial charge < -0.3 is 4.90 Å². The van der Waals surface area contributed by atoms with E-state index in [-0.39, 0.29) is 22.6 Å². The van der Waals surface area contributed by atoms with Crippen molar-refractivity contribution in [2.24, 2.45) is 21.8 Å². The summed E-state index contributed by atoms with van der Waals surface area (Å²) >= 11 is 0. The predicted octanol–water partition coefficient (Wildman–Crippen LogP) is 3.75. The summed E-state index contributed by atoms with van der Waals surface area (Å²) < 4.78 is 0. The van der Waals surface area contributed by atoms with Gasteiger partial charge >= 0.3 is 0 Å². The lowest BCUT2D eigenvalue weighted by atomic mass is 9.70. The normalized spacial score (nSPS) is 31.0. The molecule has 2 aliphatic carbocycles. The number of nitrogens with zero attached hydrogens (tertiary/aromatic N) is 2. The third-order valence-electron chi connectivity index (χ3n) is 7.32. The number of anilines is 1. The van der Waals surface area contributed by atoms with Gasteiger partial charge in [-0.1, -0.05) is 20.8 Å². The molecule has 26 heavy (non-hydrogen) atoms. The third kappa shape index (κ3) is 2.48. The Morgan fingerprint density at radius 2 is 1.96 bits per heavy atom. The Morgan fingerprint density at radius 1 is 1.23 bits per heavy atom. The second-order valence-electron chi connectivity index (χ2n) is 8.69. The average molecular weight is 353 g/mol. The maximum absolute atomic E-state index is 12.5. The van der Waals surface area contributed by atoms with E-state index in [1.165, 1.54) is 6.42 Å². The molecule has 1 heterocycles. The zero-order valence-electron chi connectivity index (χ0n) is 15.8. The van der Waals surface area contributed by atoms with Gasteiger partial charge in [0.15, 0.2) is 0 Å². The van der Waals surface area contributed by atoms with Gasteiger partial charge in [0, 0.05) is 35.3 Å². The van der Waals surface area contributed by atoms with Crippen LogP contribution in [-0.4, -0.2) is 24.1 Å². The van der Waals surface area contributed by atoms with Gasteiger partial charge in [-0.2, -0.15) is 5.10 Å². The van der Waals surface area contributed by atoms with E-state index >= 15 is 0 Å². The SMILES string of the molecule is CC1(C)[C@@H]2CC[C@@]1(C)/C(=N/NC(=O)c1ccc(N3CCCC3=O)cc1)C2. The molecule has 1 aromatic rings. The van der Waals surface area contributed by atoms with Crippen LogP contribution in [0.4, 0.5) is 5.69 Å². The van der Waals surface area contributed by atoms with Crippen molar-refractivity contribution in [2.45, 2.75) is 52.9 Å². The van der Waals surface area contributed by atoms with Crippen LogP contribution in [0.25, 0.3) is 0 Å². The number of fused-ring (bicyclic) bond motifs is 2. The number of hydrogen-bond donors (Lipinski definition) is 1. The summed E-state index contributed by atoms with van der Waals surface area (Å²) in [5, 5.41) is 4.51. The van der Waals surface area contributed by atoms with E-state index in [1.807, 2.05) is 12.1 Å². The van der Waals surface area contributed by atoms with Crippen LogP contribution in [-0.2, 0) is 4.79 Å². The Hall–Kier alpha value is -2.17. The summed E-state index contributed by atoms with van der Waals surface area (Å²) in [6.45, 7) is 7.70. The lowest BCUT2D eigenvalue weighted by molar-refractivity contribution is -0.117. The van der Waals surface area contributed by atoms with Gasteiger partial charge in [-0.05, 0) is 61.3 Å². The summed E-state index contributed by atoms with van der Waals surface area (Å²) in [6.07, 6.45) is 4.90. The largest absolute Gasteiger partial charge is 0.312 e. The maximum Gasteiger partial charge on any atom is 0.271 e. The van der Waals surface area contributed by atoms with E-state index in [9.17, 15) is 9.59 Å². The van der Waals surface area contributed by atoms with Crippen molar-refractivity contribution in [3.8, 4) is 0 Å². The van der Waals surface area contributed by atoms with Gasteiger partial charge in [0.2, 0.25) is 5.91 Å². The highest BCUT2D eigenvalue weighted by atomic mass is 16.2. The number of hydrazone groups is 1. The van der Waals surface area contributed by atoms with Crippen molar-refractivity contribution >= 4 is 23.2 Å². The second kappa shape index (κ2) is 5.93. The van der Waals surface area contributed by atoms with E-state index in [1.54, 1.807) is 17.0 Å². The molecule has 1 saturated heterocycles. The quantitative estimate of drug-likeness (QED) is 0.841. The highest BCUT2D eigenvalue weighted by Crippen LogP contribution is 2.63. The van der Waals surface area contributed by atoms with E-state index in [0.717, 1.165) is 37.2 Å². The van der Waals surface area contributed by atoms with Crippen molar-refractivity contribution in [1.29, 1.82) is 0 Å². The molecule has 1 aliphatic heterocycles. The molecule has 5 heteroatoms. The lowest BCUT2D eigenvalue weighted by Crippen LogP contribution is -2.34. The Labute approximate surface area is 154 Å². The summed E-state index contributed by atoms with van der Waals surface area (Å²) in [6, 6.07) is 7.21. The number of amides is 2. The Balaban J connectivity index is 1.45. The molecule has 3 fully saturated rings. The fourth-order valence-corrected chi connectivity index (χ4v) is 4.99. The molecule has 5 nitrogen and oxygen atoms in total. The van der Waals surface area contributed by atoms with Gasteiger partial charge in [0.25, 0.3) is 5.91 Å². The van der Waals surface area contributed by atoms with Gasteiger partial charge in [-0.15, -0.1) is 0 Å². The van der Waals surface area contributed by atoms with Gasteiger partial charge in [-0.25, -0.2) is 5.43 Å². The molecule has 2 amide bonds. The topological polar surface area (TPSA) is 61.8 Å². The number of nitrogens with one attached hydrogen (secondary N) is 1. The van der Waals surface area contributed by atoms with E-state index < -0.39 is 0 Å². The highest BCUT2D eigenvalue weighted by molar-refractivity contribution is 5.99. The van der Waals surface area contributed by atoms with Crippen molar-refractivity contribution < 1.29 is 9.59 Å². The molecular formula is C21H27N3O2. The number of rotatable bonds is 3. The Bertz CT molecular complexity index is 781. The van der Waals surface area contributed by atoms with Gasteiger partial charge in [0.1, 0.15) is 0 Å². The maximum atomic E-state index is 12.5. The number of hydrogen-bond acceptors (Lipinski definition) is 3. The average Bonchev–Trinajstić information content (AvgIpc) is 3.20. The first-order valence-corrected chi connectivity index (χ1v) is 9.61. The molecule has 3 aliphatic rings. The first-order valence-electron chi connectivity index (χ1n) is 9.61. The Kier molecular flexibility index (Phi) is 3.94. The first kappa shape index (κ1) is 17.3. The molecule has 0 aromatic heterocycles. The van der Waals surface area contributed by atoms with Crippen LogP contribution in [0.15, 0.2) is 29.4 Å². The Morgan fingerprint density at radius 3 is 2.50 bits per heavy atom. The fraction of sp³-hybridized carbons (Fsp3) is 0.571. The molecule has 1 aromatic carbocycles. The van der Waals surface area contributed by atoms with E-state index in [4.69, 9.17) is 0 Å². The highest BCUT2D eigenvalue weighted by Gasteiger charge is 2.60. The minimum atomic E-state index is -0.194. The van der Waals surface area contributed by atoms with Crippen LogP contribution in [0.3, 0.4) is 0 Å². The molecule has 0 unspecified atom stereocenters. The smallest absolute Gasteiger partial charge is 0.271 e. The van der Waals surface area contributed by atoms with Crippen molar-refractivity contribution in [1.82, 2.24) is 5.43 Å². The molecular weight excluding hydrogens is 326 g/mol. The van der Waals surface area contributed by atoms with Crippen LogP contribution >= 0.6 is 0 Å². The van der Waals surface area contributed by atoms with Crippen LogP contribution in [0, 0.1) is 16.7 Å². The van der Waals surface area contributed by atoms with Crippen molar-refractivity contribution in [3.63, 3.8) is 0 Å². The van der Waals surface area contributed by atoms with Gasteiger partial charge in [0.05, 0.1) is 0 Å². The molecule has 1 N–H and O–H groups in total. The summed E-state index contributed by atoms with van der Waals surface area (Å²) in [5.41, 5.74) is 5.65. The summed E-state index contributed by atoms with van der Waals surface area (Å²) in [7, 11) is 0. The monoisotopic (exact) mass is 353 g/mol. The second-order valence-corrected chi connectivity index (χ2v) is 8.69. The molecule has 0 radical (unpaired) electrons. The molecule has 4 rings (SSSR count). The first-order chi connectivity index (χ1) is 12.3. The minimum Gasteiger partial charge on any atom is -0.312 e. The predicted molar refractivity (Wildman–Crippen MR) is 102 cm³/mol.